The Bertz CT molecular complexity index is 788. The minimum absolute atomic E-state index is 0.0530. The smallest absolute Gasteiger partial charge is 0.342 e. The molecule has 27 heavy (non-hydrogen) atoms. The molecule has 0 saturated carbocycles. The number of carbonyl (C=O) groups excluding carboxylic acids is 2. The van der Waals surface area contributed by atoms with E-state index in [4.69, 9.17) is 14.2 Å². The molecule has 0 spiro atoms. The number of benzene rings is 1. The van der Waals surface area contributed by atoms with Gasteiger partial charge in [-0.2, -0.15) is 4.31 Å². The van der Waals surface area contributed by atoms with Gasteiger partial charge in [-0.05, 0) is 32.0 Å². The normalized spacial score (nSPS) is 16.4. The van der Waals surface area contributed by atoms with E-state index in [9.17, 15) is 18.0 Å². The third-order valence-corrected chi connectivity index (χ3v) is 5.90. The van der Waals surface area contributed by atoms with Gasteiger partial charge in [-0.25, -0.2) is 13.2 Å². The number of morpholine rings is 1. The van der Waals surface area contributed by atoms with Crippen molar-refractivity contribution in [3.8, 4) is 5.75 Å². The predicted octanol–water partition coefficient (Wildman–Crippen LogP) is 0.398. The molecule has 1 atom stereocenters. The number of nitrogens with zero attached hydrogens (tertiary/aromatic N) is 1. The summed E-state index contributed by atoms with van der Waals surface area (Å²) in [6.45, 7) is 4.68. The minimum atomic E-state index is -3.79. The van der Waals surface area contributed by atoms with Crippen LogP contribution in [0.1, 0.15) is 24.2 Å². The molecule has 10 heteroatoms. The highest BCUT2D eigenvalue weighted by molar-refractivity contribution is 7.89. The van der Waals surface area contributed by atoms with E-state index in [0.717, 1.165) is 0 Å². The number of sulfonamides is 1. The molecule has 0 radical (unpaired) electrons. The van der Waals surface area contributed by atoms with Crippen LogP contribution in [0.15, 0.2) is 23.1 Å². The largest absolute Gasteiger partial charge is 0.496 e. The van der Waals surface area contributed by atoms with Crippen LogP contribution in [0, 0.1) is 0 Å². The first kappa shape index (κ1) is 21.1. The summed E-state index contributed by atoms with van der Waals surface area (Å²) in [6, 6.07) is 3.96. The zero-order valence-electron chi connectivity index (χ0n) is 15.6. The van der Waals surface area contributed by atoms with E-state index < -0.39 is 28.0 Å². The fourth-order valence-corrected chi connectivity index (χ4v) is 3.97. The Hall–Kier alpha value is -2.17. The fraction of sp³-hybridized carbons (Fsp3) is 0.529. The molecule has 1 saturated heterocycles. The maximum Gasteiger partial charge on any atom is 0.342 e. The second kappa shape index (κ2) is 9.16. The van der Waals surface area contributed by atoms with E-state index in [-0.39, 0.29) is 29.3 Å². The van der Waals surface area contributed by atoms with Crippen LogP contribution >= 0.6 is 0 Å². The van der Waals surface area contributed by atoms with Crippen molar-refractivity contribution < 1.29 is 32.2 Å². The van der Waals surface area contributed by atoms with Crippen molar-refractivity contribution in [2.45, 2.75) is 24.8 Å². The van der Waals surface area contributed by atoms with Crippen LogP contribution in [0.3, 0.4) is 0 Å². The molecule has 9 nitrogen and oxygen atoms in total. The lowest BCUT2D eigenvalue weighted by molar-refractivity contribution is -0.128. The summed E-state index contributed by atoms with van der Waals surface area (Å²) in [4.78, 5) is 24.2. The van der Waals surface area contributed by atoms with Gasteiger partial charge in [-0.15, -0.1) is 0 Å². The fourth-order valence-electron chi connectivity index (χ4n) is 2.54. The number of methoxy groups -OCH3 is 1. The predicted molar refractivity (Wildman–Crippen MR) is 96.1 cm³/mol. The highest BCUT2D eigenvalue weighted by atomic mass is 32.2. The average Bonchev–Trinajstić information content (AvgIpc) is 2.68. The summed E-state index contributed by atoms with van der Waals surface area (Å²) < 4.78 is 42.3. The van der Waals surface area contributed by atoms with Crippen LogP contribution in [0.2, 0.25) is 0 Å². The van der Waals surface area contributed by atoms with Crippen molar-refractivity contribution in [3.63, 3.8) is 0 Å². The van der Waals surface area contributed by atoms with Gasteiger partial charge in [-0.1, -0.05) is 0 Å². The Morgan fingerprint density at radius 2 is 1.96 bits per heavy atom. The molecule has 0 bridgehead atoms. The topological polar surface area (TPSA) is 111 Å². The van der Waals surface area contributed by atoms with Gasteiger partial charge in [0.1, 0.15) is 11.3 Å². The first-order chi connectivity index (χ1) is 12.8. The molecule has 2 rings (SSSR count). The van der Waals surface area contributed by atoms with Gasteiger partial charge in [0.2, 0.25) is 10.0 Å². The molecule has 1 fully saturated rings. The number of nitrogens with one attached hydrogen (secondary N) is 1. The molecule has 0 unspecified atom stereocenters. The minimum Gasteiger partial charge on any atom is -0.496 e. The Morgan fingerprint density at radius 3 is 2.56 bits per heavy atom. The zero-order valence-corrected chi connectivity index (χ0v) is 16.4. The number of carbonyl (C=O) groups is 2. The molecule has 0 aromatic heterocycles. The number of esters is 1. The molecule has 150 valence electrons. The number of hydrogen-bond donors (Lipinski definition) is 1. The maximum atomic E-state index is 12.8. The van der Waals surface area contributed by atoms with Crippen molar-refractivity contribution in [2.75, 3.05) is 40.0 Å². The van der Waals surface area contributed by atoms with Gasteiger partial charge in [0.05, 0.1) is 25.2 Å². The van der Waals surface area contributed by atoms with Crippen molar-refractivity contribution in [1.29, 1.82) is 0 Å². The van der Waals surface area contributed by atoms with E-state index >= 15 is 0 Å². The lowest BCUT2D eigenvalue weighted by Crippen LogP contribution is -2.40. The third kappa shape index (κ3) is 4.96. The van der Waals surface area contributed by atoms with Gasteiger partial charge in [0, 0.05) is 19.6 Å². The van der Waals surface area contributed by atoms with Gasteiger partial charge >= 0.3 is 5.97 Å². The number of amides is 1. The summed E-state index contributed by atoms with van der Waals surface area (Å²) in [5, 5.41) is 2.55. The Balaban J connectivity index is 2.29. The molecule has 1 aliphatic heterocycles. The monoisotopic (exact) mass is 400 g/mol. The lowest BCUT2D eigenvalue weighted by Gasteiger charge is -2.26. The summed E-state index contributed by atoms with van der Waals surface area (Å²) in [7, 11) is -2.43. The number of rotatable bonds is 7. The SMILES string of the molecule is CCNC(=O)[C@@H](C)OC(=O)c1cc(S(=O)(=O)N2CCOCC2)ccc1OC. The van der Waals surface area contributed by atoms with Crippen LogP contribution in [-0.4, -0.2) is 70.7 Å². The molecule has 1 amide bonds. The second-order valence-corrected chi connectivity index (χ2v) is 7.76. The van der Waals surface area contributed by atoms with Crippen LogP contribution in [-0.2, 0) is 24.3 Å². The average molecular weight is 400 g/mol. The molecule has 0 aliphatic carbocycles. The highest BCUT2D eigenvalue weighted by Crippen LogP contribution is 2.26. The number of likely N-dealkylation sites (N-methyl/N-ethyl adjacent to an activating group) is 1. The summed E-state index contributed by atoms with van der Waals surface area (Å²) in [6.07, 6.45) is -1.03. The van der Waals surface area contributed by atoms with Gasteiger partial charge < -0.3 is 19.5 Å². The zero-order chi connectivity index (χ0) is 20.0. The molecule has 1 N–H and O–H groups in total. The van der Waals surface area contributed by atoms with Gasteiger partial charge in [0.15, 0.2) is 6.10 Å². The van der Waals surface area contributed by atoms with Crippen LogP contribution in [0.5, 0.6) is 5.75 Å². The maximum absolute atomic E-state index is 12.8. The molecule has 1 aromatic carbocycles. The van der Waals surface area contributed by atoms with Crippen LogP contribution in [0.4, 0.5) is 0 Å². The molecule has 1 aromatic rings. The van der Waals surface area contributed by atoms with Crippen molar-refractivity contribution in [3.05, 3.63) is 23.8 Å². The third-order valence-electron chi connectivity index (χ3n) is 4.00. The quantitative estimate of drug-likeness (QED) is 0.659. The van der Waals surface area contributed by atoms with E-state index in [1.54, 1.807) is 6.92 Å². The Kier molecular flexibility index (Phi) is 7.17. The van der Waals surface area contributed by atoms with E-state index in [1.165, 1.54) is 36.5 Å². The van der Waals surface area contributed by atoms with Crippen molar-refractivity contribution >= 4 is 21.9 Å². The molecule has 1 heterocycles. The Morgan fingerprint density at radius 1 is 1.30 bits per heavy atom. The first-order valence-electron chi connectivity index (χ1n) is 8.56. The summed E-state index contributed by atoms with van der Waals surface area (Å²) >= 11 is 0. The number of ether oxygens (including phenoxy) is 3. The number of hydrogen-bond acceptors (Lipinski definition) is 7. The summed E-state index contributed by atoms with van der Waals surface area (Å²) in [5.41, 5.74) is -0.0667. The second-order valence-electron chi connectivity index (χ2n) is 5.82. The van der Waals surface area contributed by atoms with Gasteiger partial charge in [0.25, 0.3) is 5.91 Å². The molecular formula is C17H24N2O7S. The van der Waals surface area contributed by atoms with E-state index in [0.29, 0.717) is 19.8 Å². The Labute approximate surface area is 158 Å². The first-order valence-corrected chi connectivity index (χ1v) is 10.00. The standard InChI is InChI=1S/C17H24N2O7S/c1-4-18-16(20)12(2)26-17(21)14-11-13(5-6-15(14)24-3)27(22,23)19-7-9-25-10-8-19/h5-6,11-12H,4,7-10H2,1-3H3,(H,18,20)/t12-/m1/s1. The summed E-state index contributed by atoms with van der Waals surface area (Å²) in [5.74, 6) is -1.13. The van der Waals surface area contributed by atoms with Crippen LogP contribution < -0.4 is 10.1 Å². The van der Waals surface area contributed by atoms with Crippen LogP contribution in [0.25, 0.3) is 0 Å². The van der Waals surface area contributed by atoms with Crippen molar-refractivity contribution in [2.24, 2.45) is 0 Å². The highest BCUT2D eigenvalue weighted by Gasteiger charge is 2.29. The molecule has 1 aliphatic rings. The lowest BCUT2D eigenvalue weighted by atomic mass is 10.2. The molecular weight excluding hydrogens is 376 g/mol. The van der Waals surface area contributed by atoms with Gasteiger partial charge in [-0.3, -0.25) is 4.79 Å². The van der Waals surface area contributed by atoms with Crippen molar-refractivity contribution in [1.82, 2.24) is 9.62 Å². The van der Waals surface area contributed by atoms with E-state index in [1.807, 2.05) is 0 Å². The van der Waals surface area contributed by atoms with E-state index in [2.05, 4.69) is 5.32 Å².